The van der Waals surface area contributed by atoms with Gasteiger partial charge in [0.15, 0.2) is 0 Å². The average Bonchev–Trinajstić information content (AvgIpc) is 2.91. The van der Waals surface area contributed by atoms with E-state index in [0.717, 1.165) is 5.56 Å². The molecule has 2 rings (SSSR count). The molecule has 0 amide bonds. The number of rotatable bonds is 6. The summed E-state index contributed by atoms with van der Waals surface area (Å²) in [6.07, 6.45) is 0.659. The van der Waals surface area contributed by atoms with Gasteiger partial charge in [-0.3, -0.25) is 0 Å². The van der Waals surface area contributed by atoms with Crippen LogP contribution in [-0.4, -0.2) is 22.1 Å². The first-order valence-electron chi connectivity index (χ1n) is 5.87. The maximum atomic E-state index is 12.1. The molecule has 1 aromatic carbocycles. The molecule has 0 unspecified atom stereocenters. The number of hydrogen-bond acceptors (Lipinski definition) is 4. The van der Waals surface area contributed by atoms with E-state index >= 15 is 0 Å². The fraction of sp³-hybridized carbons (Fsp3) is 0.231. The van der Waals surface area contributed by atoms with E-state index in [1.54, 1.807) is 11.3 Å². The SMILES string of the molecule is COc1ccc(S(=O)(=O)NCCc2ccsc2)cc1Cl. The molecule has 0 aliphatic rings. The van der Waals surface area contributed by atoms with Crippen LogP contribution in [0.1, 0.15) is 5.56 Å². The summed E-state index contributed by atoms with van der Waals surface area (Å²) in [5.41, 5.74) is 1.12. The summed E-state index contributed by atoms with van der Waals surface area (Å²) in [6, 6.07) is 6.37. The zero-order valence-corrected chi connectivity index (χ0v) is 13.2. The van der Waals surface area contributed by atoms with Crippen LogP contribution in [0.25, 0.3) is 0 Å². The average molecular weight is 332 g/mol. The van der Waals surface area contributed by atoms with Gasteiger partial charge in [0, 0.05) is 6.54 Å². The molecule has 2 aromatic rings. The summed E-state index contributed by atoms with van der Waals surface area (Å²) in [6.45, 7) is 0.350. The molecule has 0 aliphatic carbocycles. The van der Waals surface area contributed by atoms with E-state index in [4.69, 9.17) is 16.3 Å². The number of nitrogens with one attached hydrogen (secondary N) is 1. The third-order valence-corrected chi connectivity index (χ3v) is 5.21. The van der Waals surface area contributed by atoms with Crippen molar-refractivity contribution in [3.63, 3.8) is 0 Å². The molecule has 1 heterocycles. The van der Waals surface area contributed by atoms with Gasteiger partial charge >= 0.3 is 0 Å². The van der Waals surface area contributed by atoms with Crippen LogP contribution >= 0.6 is 22.9 Å². The van der Waals surface area contributed by atoms with Crippen LogP contribution in [0.3, 0.4) is 0 Å². The van der Waals surface area contributed by atoms with E-state index in [0.29, 0.717) is 18.7 Å². The Morgan fingerprint density at radius 2 is 2.15 bits per heavy atom. The van der Waals surface area contributed by atoms with Crippen molar-refractivity contribution < 1.29 is 13.2 Å². The van der Waals surface area contributed by atoms with Crippen molar-refractivity contribution in [2.45, 2.75) is 11.3 Å². The summed E-state index contributed by atoms with van der Waals surface area (Å²) < 4.78 is 31.8. The Balaban J connectivity index is 2.04. The molecule has 1 aromatic heterocycles. The van der Waals surface area contributed by atoms with Crippen LogP contribution < -0.4 is 9.46 Å². The molecular weight excluding hydrogens is 318 g/mol. The highest BCUT2D eigenvalue weighted by Crippen LogP contribution is 2.26. The summed E-state index contributed by atoms with van der Waals surface area (Å²) in [5.74, 6) is 0.448. The lowest BCUT2D eigenvalue weighted by atomic mass is 10.2. The summed E-state index contributed by atoms with van der Waals surface area (Å²) in [5, 5.41) is 4.24. The predicted molar refractivity (Wildman–Crippen MR) is 81.2 cm³/mol. The smallest absolute Gasteiger partial charge is 0.240 e. The van der Waals surface area contributed by atoms with Gasteiger partial charge < -0.3 is 4.74 Å². The van der Waals surface area contributed by atoms with Gasteiger partial charge in [-0.1, -0.05) is 11.6 Å². The van der Waals surface area contributed by atoms with Gasteiger partial charge in [0.1, 0.15) is 5.75 Å². The first kappa shape index (κ1) is 15.3. The van der Waals surface area contributed by atoms with Gasteiger partial charge in [-0.2, -0.15) is 11.3 Å². The molecule has 0 radical (unpaired) electrons. The quantitative estimate of drug-likeness (QED) is 0.885. The van der Waals surface area contributed by atoms with Crippen molar-refractivity contribution in [3.05, 3.63) is 45.6 Å². The van der Waals surface area contributed by atoms with Crippen molar-refractivity contribution in [2.75, 3.05) is 13.7 Å². The number of halogens is 1. The van der Waals surface area contributed by atoms with E-state index in [2.05, 4.69) is 4.72 Å². The maximum Gasteiger partial charge on any atom is 0.240 e. The Labute approximate surface area is 127 Å². The minimum Gasteiger partial charge on any atom is -0.495 e. The molecule has 0 aliphatic heterocycles. The van der Waals surface area contributed by atoms with Gasteiger partial charge in [-0.25, -0.2) is 13.1 Å². The molecule has 0 atom stereocenters. The number of benzene rings is 1. The lowest BCUT2D eigenvalue weighted by Gasteiger charge is -2.08. The van der Waals surface area contributed by atoms with E-state index in [1.807, 2.05) is 16.8 Å². The van der Waals surface area contributed by atoms with Crippen molar-refractivity contribution in [1.82, 2.24) is 4.72 Å². The van der Waals surface area contributed by atoms with Crippen molar-refractivity contribution in [3.8, 4) is 5.75 Å². The van der Waals surface area contributed by atoms with Gasteiger partial charge in [-0.05, 0) is 47.0 Å². The molecule has 20 heavy (non-hydrogen) atoms. The number of ether oxygens (including phenoxy) is 1. The van der Waals surface area contributed by atoms with E-state index in [-0.39, 0.29) is 9.92 Å². The second kappa shape index (κ2) is 6.58. The van der Waals surface area contributed by atoms with E-state index < -0.39 is 10.0 Å². The van der Waals surface area contributed by atoms with Crippen molar-refractivity contribution in [1.29, 1.82) is 0 Å². The third kappa shape index (κ3) is 3.73. The zero-order valence-electron chi connectivity index (χ0n) is 10.8. The van der Waals surface area contributed by atoms with Crippen LogP contribution in [0.15, 0.2) is 39.9 Å². The molecule has 0 bridgehead atoms. The van der Waals surface area contributed by atoms with Crippen molar-refractivity contribution >= 4 is 33.0 Å². The Hall–Kier alpha value is -1.08. The highest BCUT2D eigenvalue weighted by Gasteiger charge is 2.15. The fourth-order valence-electron chi connectivity index (χ4n) is 1.66. The van der Waals surface area contributed by atoms with E-state index in [1.165, 1.54) is 25.3 Å². The maximum absolute atomic E-state index is 12.1. The van der Waals surface area contributed by atoms with Crippen LogP contribution in [0.2, 0.25) is 5.02 Å². The van der Waals surface area contributed by atoms with Crippen LogP contribution in [0.5, 0.6) is 5.75 Å². The highest BCUT2D eigenvalue weighted by molar-refractivity contribution is 7.89. The molecule has 0 saturated carbocycles. The molecule has 0 saturated heterocycles. The van der Waals surface area contributed by atoms with Gasteiger partial charge in [0.25, 0.3) is 0 Å². The molecule has 108 valence electrons. The molecule has 7 heteroatoms. The Bertz CT molecular complexity index is 669. The topological polar surface area (TPSA) is 55.4 Å². The minimum atomic E-state index is -3.55. The Morgan fingerprint density at radius 3 is 2.75 bits per heavy atom. The Morgan fingerprint density at radius 1 is 1.35 bits per heavy atom. The van der Waals surface area contributed by atoms with Crippen LogP contribution in [0.4, 0.5) is 0 Å². The largest absolute Gasteiger partial charge is 0.495 e. The standard InChI is InChI=1S/C13H14ClNO3S2/c1-18-13-3-2-11(8-12(13)14)20(16,17)15-6-4-10-5-7-19-9-10/h2-3,5,7-9,15H,4,6H2,1H3. The highest BCUT2D eigenvalue weighted by atomic mass is 35.5. The molecule has 1 N–H and O–H groups in total. The lowest BCUT2D eigenvalue weighted by Crippen LogP contribution is -2.25. The molecule has 4 nitrogen and oxygen atoms in total. The Kier molecular flexibility index (Phi) is 5.04. The van der Waals surface area contributed by atoms with Gasteiger partial charge in [-0.15, -0.1) is 0 Å². The summed E-state index contributed by atoms with van der Waals surface area (Å²) in [7, 11) is -2.07. The molecular formula is C13H14ClNO3S2. The number of hydrogen-bond donors (Lipinski definition) is 1. The first-order chi connectivity index (χ1) is 9.53. The van der Waals surface area contributed by atoms with E-state index in [9.17, 15) is 8.42 Å². The van der Waals surface area contributed by atoms with Crippen LogP contribution in [0, 0.1) is 0 Å². The number of sulfonamides is 1. The fourth-order valence-corrected chi connectivity index (χ4v) is 3.75. The minimum absolute atomic E-state index is 0.133. The predicted octanol–water partition coefficient (Wildman–Crippen LogP) is 2.93. The van der Waals surface area contributed by atoms with Gasteiger partial charge in [0.05, 0.1) is 17.0 Å². The molecule has 0 spiro atoms. The van der Waals surface area contributed by atoms with Crippen LogP contribution in [-0.2, 0) is 16.4 Å². The summed E-state index contributed by atoms with van der Waals surface area (Å²) in [4.78, 5) is 0.133. The zero-order chi connectivity index (χ0) is 14.6. The first-order valence-corrected chi connectivity index (χ1v) is 8.67. The number of methoxy groups -OCH3 is 1. The number of thiophene rings is 1. The second-order valence-electron chi connectivity index (χ2n) is 4.08. The molecule has 0 fully saturated rings. The normalized spacial score (nSPS) is 11.5. The second-order valence-corrected chi connectivity index (χ2v) is 7.03. The monoisotopic (exact) mass is 331 g/mol. The third-order valence-electron chi connectivity index (χ3n) is 2.72. The van der Waals surface area contributed by atoms with Crippen molar-refractivity contribution in [2.24, 2.45) is 0 Å². The lowest BCUT2D eigenvalue weighted by molar-refractivity contribution is 0.414. The summed E-state index contributed by atoms with van der Waals surface area (Å²) >= 11 is 7.53. The van der Waals surface area contributed by atoms with Gasteiger partial charge in [0.2, 0.25) is 10.0 Å².